The van der Waals surface area contributed by atoms with Crippen molar-refractivity contribution in [3.05, 3.63) is 0 Å². The summed E-state index contributed by atoms with van der Waals surface area (Å²) in [5.74, 6) is 0.195. The van der Waals surface area contributed by atoms with Crippen LogP contribution in [0.25, 0.3) is 0 Å². The zero-order valence-corrected chi connectivity index (χ0v) is 15.2. The average molecular weight is 343 g/mol. The molecular weight excluding hydrogens is 314 g/mol. The van der Waals surface area contributed by atoms with Gasteiger partial charge in [0, 0.05) is 25.2 Å². The van der Waals surface area contributed by atoms with Gasteiger partial charge in [0.15, 0.2) is 0 Å². The molecule has 1 heterocycles. The second kappa shape index (κ2) is 6.01. The standard InChI is InChI=1S/C16H29N3O3S/c1-12(2)18(3)10-15(20)19-7-6-16(11-19)8-13(9-16)17-23(21,22)14-4-5-14/h12-14,17H,4-11H2,1-3H3. The van der Waals surface area contributed by atoms with E-state index in [-0.39, 0.29) is 22.6 Å². The lowest BCUT2D eigenvalue weighted by atomic mass is 9.65. The van der Waals surface area contributed by atoms with Crippen molar-refractivity contribution in [3.63, 3.8) is 0 Å². The molecule has 2 saturated carbocycles. The highest BCUT2D eigenvalue weighted by Crippen LogP contribution is 2.48. The monoisotopic (exact) mass is 343 g/mol. The average Bonchev–Trinajstić information content (AvgIpc) is 3.19. The predicted molar refractivity (Wildman–Crippen MR) is 89.5 cm³/mol. The molecule has 0 bridgehead atoms. The van der Waals surface area contributed by atoms with Crippen LogP contribution < -0.4 is 4.72 Å². The molecule has 0 aromatic carbocycles. The zero-order chi connectivity index (χ0) is 16.8. The number of nitrogens with one attached hydrogen (secondary N) is 1. The van der Waals surface area contributed by atoms with Crippen molar-refractivity contribution in [2.45, 2.75) is 63.3 Å². The van der Waals surface area contributed by atoms with Crippen molar-refractivity contribution in [1.29, 1.82) is 0 Å². The van der Waals surface area contributed by atoms with Gasteiger partial charge in [-0.15, -0.1) is 0 Å². The van der Waals surface area contributed by atoms with Gasteiger partial charge in [-0.05, 0) is 58.4 Å². The van der Waals surface area contributed by atoms with Gasteiger partial charge in [-0.25, -0.2) is 13.1 Å². The van der Waals surface area contributed by atoms with Crippen LogP contribution in [0.4, 0.5) is 0 Å². The number of hydrogen-bond donors (Lipinski definition) is 1. The Balaban J connectivity index is 1.46. The number of sulfonamides is 1. The van der Waals surface area contributed by atoms with Gasteiger partial charge in [-0.3, -0.25) is 9.69 Å². The molecule has 1 spiro atoms. The molecule has 1 saturated heterocycles. The molecule has 0 atom stereocenters. The summed E-state index contributed by atoms with van der Waals surface area (Å²) in [4.78, 5) is 16.4. The summed E-state index contributed by atoms with van der Waals surface area (Å²) in [6.07, 6.45) is 4.37. The topological polar surface area (TPSA) is 69.7 Å². The van der Waals surface area contributed by atoms with E-state index in [2.05, 4.69) is 23.5 Å². The lowest BCUT2D eigenvalue weighted by molar-refractivity contribution is -0.132. The molecule has 3 fully saturated rings. The Morgan fingerprint density at radius 3 is 2.57 bits per heavy atom. The highest BCUT2D eigenvalue weighted by molar-refractivity contribution is 7.90. The SMILES string of the molecule is CC(C)N(C)CC(=O)N1CCC2(CC(NS(=O)(=O)C3CC3)C2)C1. The summed E-state index contributed by atoms with van der Waals surface area (Å²) < 4.78 is 26.8. The first kappa shape index (κ1) is 17.2. The molecule has 1 aliphatic heterocycles. The van der Waals surface area contributed by atoms with Gasteiger partial charge < -0.3 is 4.90 Å². The summed E-state index contributed by atoms with van der Waals surface area (Å²) in [7, 11) is -1.11. The van der Waals surface area contributed by atoms with Gasteiger partial charge in [0.25, 0.3) is 0 Å². The fourth-order valence-electron chi connectivity index (χ4n) is 3.75. The second-order valence-corrected chi connectivity index (χ2v) is 10.0. The number of likely N-dealkylation sites (tertiary alicyclic amines) is 1. The Morgan fingerprint density at radius 2 is 2.00 bits per heavy atom. The lowest BCUT2D eigenvalue weighted by Gasteiger charge is -2.45. The van der Waals surface area contributed by atoms with E-state index in [1.807, 2.05) is 11.9 Å². The molecule has 1 amide bonds. The maximum atomic E-state index is 12.4. The molecular formula is C16H29N3O3S. The summed E-state index contributed by atoms with van der Waals surface area (Å²) in [6, 6.07) is 0.439. The van der Waals surface area contributed by atoms with E-state index in [9.17, 15) is 13.2 Å². The van der Waals surface area contributed by atoms with Gasteiger partial charge in [0.05, 0.1) is 11.8 Å². The van der Waals surface area contributed by atoms with Crippen molar-refractivity contribution >= 4 is 15.9 Å². The molecule has 0 aromatic heterocycles. The Hall–Kier alpha value is -0.660. The summed E-state index contributed by atoms with van der Waals surface area (Å²) in [5.41, 5.74) is 0.156. The van der Waals surface area contributed by atoms with Crippen molar-refractivity contribution in [2.24, 2.45) is 5.41 Å². The Kier molecular flexibility index (Phi) is 4.48. The fourth-order valence-corrected chi connectivity index (χ4v) is 5.33. The molecule has 6 nitrogen and oxygen atoms in total. The quantitative estimate of drug-likeness (QED) is 0.774. The summed E-state index contributed by atoms with van der Waals surface area (Å²) in [5, 5.41) is -0.146. The maximum Gasteiger partial charge on any atom is 0.236 e. The first-order chi connectivity index (χ1) is 10.7. The third-order valence-electron chi connectivity index (χ3n) is 5.71. The van der Waals surface area contributed by atoms with Crippen molar-refractivity contribution in [3.8, 4) is 0 Å². The van der Waals surface area contributed by atoms with E-state index in [0.717, 1.165) is 45.2 Å². The van der Waals surface area contributed by atoms with Crippen LogP contribution in [0.5, 0.6) is 0 Å². The van der Waals surface area contributed by atoms with Crippen LogP contribution in [0.1, 0.15) is 46.0 Å². The molecule has 3 aliphatic rings. The van der Waals surface area contributed by atoms with Crippen LogP contribution in [0, 0.1) is 5.41 Å². The third kappa shape index (κ3) is 3.72. The van der Waals surface area contributed by atoms with Gasteiger partial charge in [0.2, 0.25) is 15.9 Å². The van der Waals surface area contributed by atoms with Gasteiger partial charge in [-0.2, -0.15) is 0 Å². The smallest absolute Gasteiger partial charge is 0.236 e. The molecule has 1 N–H and O–H groups in total. The normalized spacial score (nSPS) is 31.2. The van der Waals surface area contributed by atoms with Crippen LogP contribution in [0.2, 0.25) is 0 Å². The van der Waals surface area contributed by atoms with E-state index < -0.39 is 10.0 Å². The Morgan fingerprint density at radius 1 is 1.35 bits per heavy atom. The number of rotatable bonds is 6. The Labute approximate surface area is 139 Å². The predicted octanol–water partition coefficient (Wildman–Crippen LogP) is 0.790. The summed E-state index contributed by atoms with van der Waals surface area (Å²) >= 11 is 0. The number of carbonyl (C=O) groups is 1. The highest BCUT2D eigenvalue weighted by atomic mass is 32.2. The first-order valence-electron chi connectivity index (χ1n) is 8.70. The van der Waals surface area contributed by atoms with E-state index in [4.69, 9.17) is 0 Å². The van der Waals surface area contributed by atoms with Crippen molar-refractivity contribution in [1.82, 2.24) is 14.5 Å². The number of hydrogen-bond acceptors (Lipinski definition) is 4. The molecule has 0 unspecified atom stereocenters. The van der Waals surface area contributed by atoms with Gasteiger partial charge in [0.1, 0.15) is 0 Å². The van der Waals surface area contributed by atoms with Crippen molar-refractivity contribution < 1.29 is 13.2 Å². The maximum absolute atomic E-state index is 12.4. The molecule has 7 heteroatoms. The van der Waals surface area contributed by atoms with Crippen LogP contribution in [0.15, 0.2) is 0 Å². The Bertz CT molecular complexity index is 565. The van der Waals surface area contributed by atoms with E-state index in [1.54, 1.807) is 0 Å². The third-order valence-corrected chi connectivity index (χ3v) is 7.72. The number of likely N-dealkylation sites (N-methyl/N-ethyl adjacent to an activating group) is 1. The van der Waals surface area contributed by atoms with E-state index in [0.29, 0.717) is 12.6 Å². The van der Waals surface area contributed by atoms with Gasteiger partial charge >= 0.3 is 0 Å². The van der Waals surface area contributed by atoms with Crippen LogP contribution in [-0.2, 0) is 14.8 Å². The lowest BCUT2D eigenvalue weighted by Crippen LogP contribution is -2.53. The fraction of sp³-hybridized carbons (Fsp3) is 0.938. The molecule has 3 rings (SSSR count). The number of carbonyl (C=O) groups excluding carboxylic acids is 1. The van der Waals surface area contributed by atoms with E-state index in [1.165, 1.54) is 0 Å². The minimum absolute atomic E-state index is 0.0778. The largest absolute Gasteiger partial charge is 0.341 e. The second-order valence-electron chi connectivity index (χ2n) is 8.04. The highest BCUT2D eigenvalue weighted by Gasteiger charge is 2.51. The molecule has 23 heavy (non-hydrogen) atoms. The van der Waals surface area contributed by atoms with Crippen LogP contribution >= 0.6 is 0 Å². The number of amides is 1. The molecule has 2 aliphatic carbocycles. The van der Waals surface area contributed by atoms with Gasteiger partial charge in [-0.1, -0.05) is 0 Å². The number of nitrogens with zero attached hydrogens (tertiary/aromatic N) is 2. The molecule has 0 aromatic rings. The van der Waals surface area contributed by atoms with Crippen LogP contribution in [-0.4, -0.2) is 68.1 Å². The van der Waals surface area contributed by atoms with E-state index >= 15 is 0 Å². The molecule has 132 valence electrons. The molecule has 0 radical (unpaired) electrons. The summed E-state index contributed by atoms with van der Waals surface area (Å²) in [6.45, 7) is 6.24. The first-order valence-corrected chi connectivity index (χ1v) is 10.2. The zero-order valence-electron chi connectivity index (χ0n) is 14.4. The van der Waals surface area contributed by atoms with Crippen molar-refractivity contribution in [2.75, 3.05) is 26.7 Å². The van der Waals surface area contributed by atoms with Crippen LogP contribution in [0.3, 0.4) is 0 Å². The minimum atomic E-state index is -3.09. The minimum Gasteiger partial charge on any atom is -0.341 e.